The van der Waals surface area contributed by atoms with Gasteiger partial charge in [0.25, 0.3) is 0 Å². The first-order chi connectivity index (χ1) is 25.9. The Balaban J connectivity index is 1.04. The largest absolute Gasteiger partial charge is 0.417 e. The molecular weight excluding hydrogens is 700 g/mol. The van der Waals surface area contributed by atoms with Crippen molar-refractivity contribution in [3.05, 3.63) is 163 Å². The Morgan fingerprint density at radius 3 is 1.17 bits per heavy atom. The minimum absolute atomic E-state index is 0.0172. The zero-order valence-electron chi connectivity index (χ0n) is 28.2. The van der Waals surface area contributed by atoms with E-state index in [1.165, 1.54) is 36.7 Å². The van der Waals surface area contributed by atoms with Gasteiger partial charge in [-0.15, -0.1) is 0 Å². The fourth-order valence-corrected chi connectivity index (χ4v) is 6.51. The monoisotopic (exact) mass is 727 g/mol. The lowest BCUT2D eigenvalue weighted by Gasteiger charge is -2.13. The molecule has 10 heteroatoms. The van der Waals surface area contributed by atoms with Crippen molar-refractivity contribution in [3.8, 4) is 67.0 Å². The average molecular weight is 728 g/mol. The summed E-state index contributed by atoms with van der Waals surface area (Å²) in [6.07, 6.45) is -6.08. The van der Waals surface area contributed by atoms with E-state index < -0.39 is 23.5 Å². The Bertz CT molecular complexity index is 2330. The topological polar surface area (TPSA) is 45.9 Å². The van der Waals surface area contributed by atoms with E-state index in [4.69, 9.17) is 0 Å². The molecule has 266 valence electrons. The molecule has 3 heterocycles. The number of anilines is 1. The summed E-state index contributed by atoms with van der Waals surface area (Å²) in [5.41, 5.74) is 6.50. The lowest BCUT2D eigenvalue weighted by atomic mass is 9.95. The van der Waals surface area contributed by atoms with Crippen LogP contribution in [0.15, 0.2) is 152 Å². The maximum absolute atomic E-state index is 13.6. The molecule has 1 aliphatic heterocycles. The van der Waals surface area contributed by atoms with Gasteiger partial charge in [-0.2, -0.15) is 26.3 Å². The SMILES string of the molecule is O=C1CN1c1cc(-c2ccc(-c3ccc(-c4ccccc4C(F)(F)F)cn3)cc2)cc(-c2ccc(-c3ccc(-c4ccccc4C(F)(F)F)cn3)cc2)c1. The van der Waals surface area contributed by atoms with E-state index in [2.05, 4.69) is 9.97 Å². The van der Waals surface area contributed by atoms with Crippen LogP contribution in [0.4, 0.5) is 32.0 Å². The summed E-state index contributed by atoms with van der Waals surface area (Å²) in [5.74, 6) is 0.0172. The van der Waals surface area contributed by atoms with Crippen molar-refractivity contribution < 1.29 is 31.1 Å². The number of alkyl halides is 6. The van der Waals surface area contributed by atoms with E-state index in [0.717, 1.165) is 51.2 Å². The van der Waals surface area contributed by atoms with Crippen molar-refractivity contribution in [2.45, 2.75) is 12.4 Å². The zero-order chi connectivity index (χ0) is 37.6. The molecule has 1 fully saturated rings. The highest BCUT2D eigenvalue weighted by molar-refractivity contribution is 6.12. The summed E-state index contributed by atoms with van der Waals surface area (Å²) in [6.45, 7) is 0.324. The second kappa shape index (κ2) is 13.5. The molecule has 1 aliphatic rings. The van der Waals surface area contributed by atoms with Crippen LogP contribution in [0.1, 0.15) is 11.1 Å². The highest BCUT2D eigenvalue weighted by Gasteiger charge is 2.35. The lowest BCUT2D eigenvalue weighted by molar-refractivity contribution is -0.137. The third kappa shape index (κ3) is 6.98. The Hall–Kier alpha value is -6.55. The van der Waals surface area contributed by atoms with Gasteiger partial charge >= 0.3 is 12.4 Å². The fourth-order valence-electron chi connectivity index (χ4n) is 6.51. The van der Waals surface area contributed by atoms with Crippen molar-refractivity contribution in [1.82, 2.24) is 9.97 Å². The molecular formula is C44H27F6N3O. The Morgan fingerprint density at radius 2 is 0.815 bits per heavy atom. The maximum atomic E-state index is 13.6. The first kappa shape index (κ1) is 34.5. The van der Waals surface area contributed by atoms with E-state index in [0.29, 0.717) is 29.1 Å². The van der Waals surface area contributed by atoms with Crippen molar-refractivity contribution in [3.63, 3.8) is 0 Å². The van der Waals surface area contributed by atoms with Crippen LogP contribution in [-0.2, 0) is 17.1 Å². The number of aromatic nitrogens is 2. The third-order valence-electron chi connectivity index (χ3n) is 9.36. The van der Waals surface area contributed by atoms with Gasteiger partial charge in [-0.25, -0.2) is 0 Å². The van der Waals surface area contributed by atoms with Crippen molar-refractivity contribution >= 4 is 11.6 Å². The predicted molar refractivity (Wildman–Crippen MR) is 197 cm³/mol. The number of hydrogen-bond acceptors (Lipinski definition) is 3. The van der Waals surface area contributed by atoms with Crippen LogP contribution in [0.25, 0.3) is 67.0 Å². The molecule has 0 spiro atoms. The zero-order valence-corrected chi connectivity index (χ0v) is 28.2. The maximum Gasteiger partial charge on any atom is 0.417 e. The Morgan fingerprint density at radius 1 is 0.444 bits per heavy atom. The van der Waals surface area contributed by atoms with Crippen LogP contribution in [0.3, 0.4) is 0 Å². The minimum atomic E-state index is -4.48. The first-order valence-corrected chi connectivity index (χ1v) is 16.8. The van der Waals surface area contributed by atoms with Gasteiger partial charge in [0.05, 0.1) is 22.5 Å². The van der Waals surface area contributed by atoms with Gasteiger partial charge in [0, 0.05) is 40.3 Å². The molecule has 0 saturated carbocycles. The number of carbonyl (C=O) groups is 1. The number of hydrogen-bond donors (Lipinski definition) is 0. The Labute approximate surface area is 306 Å². The summed E-state index contributed by atoms with van der Waals surface area (Å²) >= 11 is 0. The summed E-state index contributed by atoms with van der Waals surface area (Å²) in [7, 11) is 0. The Kier molecular flexibility index (Phi) is 8.60. The summed E-state index contributed by atoms with van der Waals surface area (Å²) in [5, 5.41) is 0. The highest BCUT2D eigenvalue weighted by Crippen LogP contribution is 2.40. The quantitative estimate of drug-likeness (QED) is 0.121. The van der Waals surface area contributed by atoms with Gasteiger partial charge < -0.3 is 4.90 Å². The molecule has 1 amide bonds. The van der Waals surface area contributed by atoms with E-state index >= 15 is 0 Å². The second-order valence-electron chi connectivity index (χ2n) is 12.9. The molecule has 0 N–H and O–H groups in total. The molecule has 0 radical (unpaired) electrons. The van der Waals surface area contributed by atoms with Crippen molar-refractivity contribution in [2.24, 2.45) is 0 Å². The van der Waals surface area contributed by atoms with Crippen LogP contribution >= 0.6 is 0 Å². The normalized spacial score (nSPS) is 12.9. The van der Waals surface area contributed by atoms with Crippen LogP contribution in [-0.4, -0.2) is 22.4 Å². The van der Waals surface area contributed by atoms with Gasteiger partial charge in [0.15, 0.2) is 0 Å². The average Bonchev–Trinajstić information content (AvgIpc) is 3.93. The van der Waals surface area contributed by atoms with Crippen LogP contribution in [0.5, 0.6) is 0 Å². The van der Waals surface area contributed by atoms with E-state index in [1.54, 1.807) is 41.3 Å². The number of benzene rings is 5. The molecule has 7 aromatic rings. The molecule has 2 aromatic heterocycles. The third-order valence-corrected chi connectivity index (χ3v) is 9.36. The smallest absolute Gasteiger partial charge is 0.301 e. The standard InChI is InChI=1S/C44H27F6N3O/c45-43(46,47)38-7-3-1-5-36(38)31-17-19-40(51-24-31)29-13-9-27(10-14-29)33-21-34(23-35(22-33)53-26-42(53)54)28-11-15-30(16-12-28)41-20-18-32(25-52-41)37-6-2-4-8-39(37)44(48,49)50/h1-25H,26H2. The van der Waals surface area contributed by atoms with E-state index in [9.17, 15) is 31.1 Å². The second-order valence-corrected chi connectivity index (χ2v) is 12.9. The summed E-state index contributed by atoms with van der Waals surface area (Å²) < 4.78 is 81.4. The number of pyridine rings is 2. The summed E-state index contributed by atoms with van der Waals surface area (Å²) in [6, 6.07) is 38.7. The van der Waals surface area contributed by atoms with E-state index in [1.807, 2.05) is 66.7 Å². The predicted octanol–water partition coefficient (Wildman–Crippen LogP) is 11.9. The van der Waals surface area contributed by atoms with Gasteiger partial charge in [-0.3, -0.25) is 14.8 Å². The molecule has 0 bridgehead atoms. The molecule has 5 aromatic carbocycles. The van der Waals surface area contributed by atoms with Crippen LogP contribution in [0.2, 0.25) is 0 Å². The highest BCUT2D eigenvalue weighted by atomic mass is 19.4. The number of rotatable bonds is 7. The molecule has 54 heavy (non-hydrogen) atoms. The molecule has 0 aliphatic carbocycles. The fraction of sp³-hybridized carbons (Fsp3) is 0.0682. The van der Waals surface area contributed by atoms with Gasteiger partial charge in [0.1, 0.15) is 6.54 Å². The number of halogens is 6. The number of nitrogens with zero attached hydrogens (tertiary/aromatic N) is 3. The minimum Gasteiger partial charge on any atom is -0.301 e. The van der Waals surface area contributed by atoms with Crippen LogP contribution in [0, 0.1) is 0 Å². The molecule has 8 rings (SSSR count). The van der Waals surface area contributed by atoms with Gasteiger partial charge in [-0.05, 0) is 75.8 Å². The molecule has 1 saturated heterocycles. The lowest BCUT2D eigenvalue weighted by Crippen LogP contribution is -2.06. The van der Waals surface area contributed by atoms with E-state index in [-0.39, 0.29) is 17.0 Å². The number of carbonyl (C=O) groups excluding carboxylic acids is 1. The van der Waals surface area contributed by atoms with Gasteiger partial charge in [-0.1, -0.05) is 97.1 Å². The molecule has 0 atom stereocenters. The molecule has 4 nitrogen and oxygen atoms in total. The number of amides is 1. The summed E-state index contributed by atoms with van der Waals surface area (Å²) in [4.78, 5) is 22.8. The van der Waals surface area contributed by atoms with Gasteiger partial charge in [0.2, 0.25) is 5.91 Å². The van der Waals surface area contributed by atoms with Crippen LogP contribution < -0.4 is 4.90 Å². The van der Waals surface area contributed by atoms with Crippen molar-refractivity contribution in [1.29, 1.82) is 0 Å². The van der Waals surface area contributed by atoms with Crippen molar-refractivity contribution in [2.75, 3.05) is 11.4 Å². The first-order valence-electron chi connectivity index (χ1n) is 16.8. The molecule has 0 unspecified atom stereocenters.